The van der Waals surface area contributed by atoms with Crippen LogP contribution >= 0.6 is 11.3 Å². The Kier molecular flexibility index (Phi) is 1.77. The van der Waals surface area contributed by atoms with Crippen LogP contribution in [0.4, 0.5) is 0 Å². The molecule has 2 aromatic rings. The molecular formula is C7H7N3O2S. The third kappa shape index (κ3) is 1.19. The number of carboxylic acid groups (broad SMARTS) is 1. The lowest BCUT2D eigenvalue weighted by Gasteiger charge is -1.87. The number of fused-ring (bicyclic) bond motifs is 1. The quantitative estimate of drug-likeness (QED) is 0.781. The molecule has 0 bridgehead atoms. The van der Waals surface area contributed by atoms with Gasteiger partial charge in [-0.15, -0.1) is 0 Å². The maximum atomic E-state index is 10.7. The molecule has 0 saturated carbocycles. The summed E-state index contributed by atoms with van der Waals surface area (Å²) in [6, 6.07) is 0. The monoisotopic (exact) mass is 197 g/mol. The predicted octanol–water partition coefficient (Wildman–Crippen LogP) is 1.05. The molecule has 0 saturated heterocycles. The first-order chi connectivity index (χ1) is 6.22. The second-order valence-corrected chi connectivity index (χ2v) is 3.53. The van der Waals surface area contributed by atoms with Crippen LogP contribution in [0.5, 0.6) is 0 Å². The topological polar surface area (TPSA) is 67.5 Å². The summed E-state index contributed by atoms with van der Waals surface area (Å²) in [5.41, 5.74) is 0.117. The Bertz CT molecular complexity index is 459. The molecule has 13 heavy (non-hydrogen) atoms. The summed E-state index contributed by atoms with van der Waals surface area (Å²) in [5, 5.41) is 13.8. The van der Waals surface area contributed by atoms with E-state index in [-0.39, 0.29) is 5.69 Å². The molecule has 6 heteroatoms. The SMILES string of the molecule is CCc1nn2c(C(=O)O)cnc2s1. The Morgan fingerprint density at radius 2 is 2.54 bits per heavy atom. The Labute approximate surface area is 77.6 Å². The van der Waals surface area contributed by atoms with E-state index < -0.39 is 5.97 Å². The van der Waals surface area contributed by atoms with E-state index >= 15 is 0 Å². The van der Waals surface area contributed by atoms with E-state index in [2.05, 4.69) is 10.1 Å². The van der Waals surface area contributed by atoms with Gasteiger partial charge in [-0.1, -0.05) is 18.3 Å². The summed E-state index contributed by atoms with van der Waals surface area (Å²) >= 11 is 1.41. The number of aromatic nitrogens is 3. The number of carbonyl (C=O) groups is 1. The molecule has 0 atom stereocenters. The molecule has 2 rings (SSSR count). The smallest absolute Gasteiger partial charge is 0.356 e. The second-order valence-electron chi connectivity index (χ2n) is 2.49. The molecule has 0 amide bonds. The molecule has 0 aromatic carbocycles. The number of nitrogens with zero attached hydrogens (tertiary/aromatic N) is 3. The summed E-state index contributed by atoms with van der Waals surface area (Å²) in [6.45, 7) is 1.97. The normalized spacial score (nSPS) is 10.8. The highest BCUT2D eigenvalue weighted by Crippen LogP contribution is 2.15. The van der Waals surface area contributed by atoms with Crippen molar-refractivity contribution in [2.24, 2.45) is 0 Å². The van der Waals surface area contributed by atoms with Crippen molar-refractivity contribution >= 4 is 22.3 Å². The summed E-state index contributed by atoms with van der Waals surface area (Å²) in [4.78, 5) is 15.3. The third-order valence-corrected chi connectivity index (χ3v) is 2.72. The van der Waals surface area contributed by atoms with Crippen molar-refractivity contribution in [3.8, 4) is 0 Å². The van der Waals surface area contributed by atoms with Gasteiger partial charge in [0.1, 0.15) is 5.01 Å². The predicted molar refractivity (Wildman–Crippen MR) is 47.2 cm³/mol. The van der Waals surface area contributed by atoms with Gasteiger partial charge >= 0.3 is 5.97 Å². The van der Waals surface area contributed by atoms with Crippen LogP contribution in [0, 0.1) is 0 Å². The van der Waals surface area contributed by atoms with E-state index in [4.69, 9.17) is 5.11 Å². The van der Waals surface area contributed by atoms with Gasteiger partial charge in [0.15, 0.2) is 5.69 Å². The average Bonchev–Trinajstić information content (AvgIpc) is 2.59. The molecule has 0 aliphatic rings. The van der Waals surface area contributed by atoms with Gasteiger partial charge in [0, 0.05) is 0 Å². The fourth-order valence-electron chi connectivity index (χ4n) is 1.02. The minimum absolute atomic E-state index is 0.117. The molecule has 68 valence electrons. The fraction of sp³-hybridized carbons (Fsp3) is 0.286. The van der Waals surface area contributed by atoms with Crippen molar-refractivity contribution in [2.75, 3.05) is 0 Å². The van der Waals surface area contributed by atoms with Crippen molar-refractivity contribution in [3.05, 3.63) is 16.9 Å². The summed E-state index contributed by atoms with van der Waals surface area (Å²) in [5.74, 6) is -1.000. The van der Waals surface area contributed by atoms with E-state index in [9.17, 15) is 4.79 Å². The highest BCUT2D eigenvalue weighted by atomic mass is 32.1. The zero-order valence-electron chi connectivity index (χ0n) is 6.89. The largest absolute Gasteiger partial charge is 0.476 e. The van der Waals surface area contributed by atoms with Gasteiger partial charge in [-0.05, 0) is 6.42 Å². The lowest BCUT2D eigenvalue weighted by atomic mass is 10.5. The first-order valence-electron chi connectivity index (χ1n) is 3.79. The summed E-state index contributed by atoms with van der Waals surface area (Å²) in [7, 11) is 0. The van der Waals surface area contributed by atoms with E-state index in [1.54, 1.807) is 0 Å². The molecule has 0 spiro atoms. The number of hydrogen-bond acceptors (Lipinski definition) is 4. The van der Waals surface area contributed by atoms with Crippen molar-refractivity contribution < 1.29 is 9.90 Å². The van der Waals surface area contributed by atoms with Gasteiger partial charge in [0.2, 0.25) is 4.96 Å². The van der Waals surface area contributed by atoms with Gasteiger partial charge < -0.3 is 5.11 Å². The number of hydrogen-bond donors (Lipinski definition) is 1. The molecule has 0 radical (unpaired) electrons. The number of rotatable bonds is 2. The zero-order valence-corrected chi connectivity index (χ0v) is 7.71. The van der Waals surface area contributed by atoms with Gasteiger partial charge in [0.05, 0.1) is 6.20 Å². The molecule has 1 N–H and O–H groups in total. The van der Waals surface area contributed by atoms with Crippen molar-refractivity contribution in [1.29, 1.82) is 0 Å². The van der Waals surface area contributed by atoms with Crippen LogP contribution in [0.15, 0.2) is 6.20 Å². The van der Waals surface area contributed by atoms with Crippen LogP contribution in [-0.2, 0) is 6.42 Å². The van der Waals surface area contributed by atoms with E-state index in [0.717, 1.165) is 11.4 Å². The van der Waals surface area contributed by atoms with E-state index in [0.29, 0.717) is 4.96 Å². The molecule has 2 aromatic heterocycles. The number of carboxylic acids is 1. The third-order valence-electron chi connectivity index (χ3n) is 1.65. The Balaban J connectivity index is 2.65. The van der Waals surface area contributed by atoms with Gasteiger partial charge in [-0.3, -0.25) is 0 Å². The average molecular weight is 197 g/mol. The maximum Gasteiger partial charge on any atom is 0.356 e. The highest BCUT2D eigenvalue weighted by Gasteiger charge is 2.13. The van der Waals surface area contributed by atoms with E-state index in [1.165, 1.54) is 22.0 Å². The standard InChI is InChI=1S/C7H7N3O2S/c1-2-5-9-10-4(6(11)12)3-8-7(10)13-5/h3H,2H2,1H3,(H,11,12). The van der Waals surface area contributed by atoms with Crippen molar-refractivity contribution in [1.82, 2.24) is 14.6 Å². The Morgan fingerprint density at radius 3 is 3.15 bits per heavy atom. The number of aromatic carboxylic acids is 1. The molecule has 0 aliphatic heterocycles. The molecule has 2 heterocycles. The van der Waals surface area contributed by atoms with Gasteiger partial charge in [-0.25, -0.2) is 9.78 Å². The van der Waals surface area contributed by atoms with Crippen LogP contribution in [0.3, 0.4) is 0 Å². The van der Waals surface area contributed by atoms with Crippen molar-refractivity contribution in [2.45, 2.75) is 13.3 Å². The molecule has 0 aliphatic carbocycles. The highest BCUT2D eigenvalue weighted by molar-refractivity contribution is 7.16. The van der Waals surface area contributed by atoms with Crippen LogP contribution in [-0.4, -0.2) is 25.7 Å². The maximum absolute atomic E-state index is 10.7. The van der Waals surface area contributed by atoms with Crippen molar-refractivity contribution in [3.63, 3.8) is 0 Å². The zero-order chi connectivity index (χ0) is 9.42. The fourth-order valence-corrected chi connectivity index (χ4v) is 1.83. The van der Waals surface area contributed by atoms with Crippen LogP contribution in [0.1, 0.15) is 22.4 Å². The second kappa shape index (κ2) is 2.81. The minimum atomic E-state index is -1.000. The molecule has 5 nitrogen and oxygen atoms in total. The van der Waals surface area contributed by atoms with Crippen LogP contribution < -0.4 is 0 Å². The summed E-state index contributed by atoms with van der Waals surface area (Å²) in [6.07, 6.45) is 2.12. The lowest BCUT2D eigenvalue weighted by Crippen LogP contribution is -2.02. The molecule has 0 unspecified atom stereocenters. The summed E-state index contributed by atoms with van der Waals surface area (Å²) < 4.78 is 1.37. The number of aryl methyl sites for hydroxylation is 1. The Hall–Kier alpha value is -1.43. The first kappa shape index (κ1) is 8.18. The van der Waals surface area contributed by atoms with Gasteiger partial charge in [0.25, 0.3) is 0 Å². The van der Waals surface area contributed by atoms with E-state index in [1.807, 2.05) is 6.92 Å². The van der Waals surface area contributed by atoms with Crippen LogP contribution in [0.2, 0.25) is 0 Å². The van der Waals surface area contributed by atoms with Crippen LogP contribution in [0.25, 0.3) is 4.96 Å². The number of imidazole rings is 1. The molecule has 0 fully saturated rings. The molecular weight excluding hydrogens is 190 g/mol. The van der Waals surface area contributed by atoms with Gasteiger partial charge in [-0.2, -0.15) is 9.61 Å². The minimum Gasteiger partial charge on any atom is -0.476 e. The first-order valence-corrected chi connectivity index (χ1v) is 4.60. The lowest BCUT2D eigenvalue weighted by molar-refractivity contribution is 0.0688. The Morgan fingerprint density at radius 1 is 1.77 bits per heavy atom.